The minimum Gasteiger partial charge on any atom is -0.416 e. The fourth-order valence-electron chi connectivity index (χ4n) is 1.34. The molecule has 0 fully saturated rings. The molecule has 100 valence electrons. The molecule has 2 heterocycles. The van der Waals surface area contributed by atoms with Crippen LogP contribution in [0, 0.1) is 24.0 Å². The van der Waals surface area contributed by atoms with Crippen LogP contribution in [-0.4, -0.2) is 32.1 Å². The van der Waals surface area contributed by atoms with Gasteiger partial charge in [-0.1, -0.05) is 0 Å². The summed E-state index contributed by atoms with van der Waals surface area (Å²) in [6.07, 6.45) is 0. The molecule has 0 aromatic carbocycles. The third-order valence-electron chi connectivity index (χ3n) is 2.12. The number of aromatic nitrogens is 4. The monoisotopic (exact) mass is 282 g/mol. The van der Waals surface area contributed by atoms with Gasteiger partial charge in [0, 0.05) is 14.0 Å². The topological polar surface area (TPSA) is 120 Å². The third-order valence-corrected chi connectivity index (χ3v) is 2.94. The van der Waals surface area contributed by atoms with Gasteiger partial charge in [-0.05, 0) is 18.7 Å². The van der Waals surface area contributed by atoms with Crippen molar-refractivity contribution in [2.45, 2.75) is 24.1 Å². The molecule has 2 aromatic heterocycles. The summed E-state index contributed by atoms with van der Waals surface area (Å²) >= 11 is 0.934. The SMILES string of the molecule is CNc1nc(C)c([N+](=O)[O-])c(Sc2nnc(C)o2)n1. The Morgan fingerprint density at radius 2 is 2.05 bits per heavy atom. The lowest BCUT2D eigenvalue weighted by Crippen LogP contribution is -2.04. The minimum atomic E-state index is -0.527. The smallest absolute Gasteiger partial charge is 0.323 e. The Kier molecular flexibility index (Phi) is 3.60. The van der Waals surface area contributed by atoms with Crippen LogP contribution >= 0.6 is 11.8 Å². The molecule has 0 unspecified atom stereocenters. The Bertz CT molecular complexity index is 628. The van der Waals surface area contributed by atoms with Crippen molar-refractivity contribution in [3.8, 4) is 0 Å². The molecule has 2 rings (SSSR count). The number of aryl methyl sites for hydroxylation is 2. The van der Waals surface area contributed by atoms with Crippen LogP contribution < -0.4 is 5.32 Å². The molecule has 0 aliphatic carbocycles. The van der Waals surface area contributed by atoms with Gasteiger partial charge in [-0.2, -0.15) is 4.98 Å². The van der Waals surface area contributed by atoms with Gasteiger partial charge >= 0.3 is 5.69 Å². The van der Waals surface area contributed by atoms with Crippen LogP contribution in [0.5, 0.6) is 0 Å². The highest BCUT2D eigenvalue weighted by molar-refractivity contribution is 7.99. The van der Waals surface area contributed by atoms with Gasteiger partial charge in [0.15, 0.2) is 5.03 Å². The summed E-state index contributed by atoms with van der Waals surface area (Å²) < 4.78 is 5.17. The van der Waals surface area contributed by atoms with Crippen LogP contribution in [-0.2, 0) is 0 Å². The quantitative estimate of drug-likeness (QED) is 0.506. The largest absolute Gasteiger partial charge is 0.416 e. The van der Waals surface area contributed by atoms with Crippen molar-refractivity contribution in [3.63, 3.8) is 0 Å². The first kappa shape index (κ1) is 13.2. The lowest BCUT2D eigenvalue weighted by Gasteiger charge is -2.04. The van der Waals surface area contributed by atoms with E-state index in [1.807, 2.05) is 0 Å². The number of nitrogens with zero attached hydrogens (tertiary/aromatic N) is 5. The minimum absolute atomic E-state index is 0.158. The number of nitrogens with one attached hydrogen (secondary N) is 1. The van der Waals surface area contributed by atoms with Crippen molar-refractivity contribution >= 4 is 23.4 Å². The van der Waals surface area contributed by atoms with Crippen molar-refractivity contribution in [2.24, 2.45) is 0 Å². The highest BCUT2D eigenvalue weighted by Crippen LogP contribution is 2.34. The Balaban J connectivity index is 2.47. The van der Waals surface area contributed by atoms with Gasteiger partial charge in [0.2, 0.25) is 11.8 Å². The zero-order valence-corrected chi connectivity index (χ0v) is 11.2. The van der Waals surface area contributed by atoms with Crippen molar-refractivity contribution in [2.75, 3.05) is 12.4 Å². The molecule has 0 aliphatic heterocycles. The van der Waals surface area contributed by atoms with E-state index in [9.17, 15) is 10.1 Å². The predicted molar refractivity (Wildman–Crippen MR) is 66.1 cm³/mol. The highest BCUT2D eigenvalue weighted by atomic mass is 32.2. The molecule has 0 atom stereocenters. The van der Waals surface area contributed by atoms with Gasteiger partial charge in [-0.3, -0.25) is 10.1 Å². The zero-order valence-electron chi connectivity index (χ0n) is 10.4. The van der Waals surface area contributed by atoms with Gasteiger partial charge in [-0.15, -0.1) is 10.2 Å². The average Bonchev–Trinajstić information content (AvgIpc) is 2.73. The summed E-state index contributed by atoms with van der Waals surface area (Å²) in [5, 5.41) is 21.6. The second-order valence-electron chi connectivity index (χ2n) is 3.48. The fraction of sp³-hybridized carbons (Fsp3) is 0.333. The summed E-state index contributed by atoms with van der Waals surface area (Å²) in [5.74, 6) is 0.673. The first-order chi connectivity index (χ1) is 9.01. The molecular formula is C9H10N6O3S. The molecule has 0 saturated carbocycles. The van der Waals surface area contributed by atoms with Crippen LogP contribution in [0.3, 0.4) is 0 Å². The van der Waals surface area contributed by atoms with Crippen LogP contribution in [0.25, 0.3) is 0 Å². The molecule has 0 bridgehead atoms. The van der Waals surface area contributed by atoms with Crippen LogP contribution in [0.1, 0.15) is 11.6 Å². The molecule has 0 saturated heterocycles. The lowest BCUT2D eigenvalue weighted by molar-refractivity contribution is -0.389. The second-order valence-corrected chi connectivity index (χ2v) is 4.42. The van der Waals surface area contributed by atoms with Gasteiger partial charge in [0.05, 0.1) is 4.92 Å². The average molecular weight is 282 g/mol. The summed E-state index contributed by atoms with van der Waals surface area (Å²) in [4.78, 5) is 18.6. The summed E-state index contributed by atoms with van der Waals surface area (Å²) in [5.41, 5.74) is 0.0999. The van der Waals surface area contributed by atoms with Gasteiger partial charge in [0.25, 0.3) is 5.22 Å². The van der Waals surface area contributed by atoms with Crippen LogP contribution in [0.15, 0.2) is 14.7 Å². The van der Waals surface area contributed by atoms with Crippen LogP contribution in [0.4, 0.5) is 11.6 Å². The summed E-state index contributed by atoms with van der Waals surface area (Å²) in [7, 11) is 1.63. The third kappa shape index (κ3) is 2.78. The molecule has 1 N–H and O–H groups in total. The number of hydrogen-bond acceptors (Lipinski definition) is 9. The normalized spacial score (nSPS) is 10.5. The standard InChI is InChI=1S/C9H10N6O3S/c1-4-6(15(16)17)7(12-8(10-3)11-4)19-9-14-13-5(2)18-9/h1-3H3,(H,10,11,12). The van der Waals surface area contributed by atoms with E-state index in [1.165, 1.54) is 0 Å². The van der Waals surface area contributed by atoms with E-state index in [4.69, 9.17) is 4.42 Å². The first-order valence-corrected chi connectivity index (χ1v) is 6.01. The van der Waals surface area contributed by atoms with E-state index in [1.54, 1.807) is 20.9 Å². The Morgan fingerprint density at radius 3 is 2.58 bits per heavy atom. The Labute approximate surface area is 112 Å². The molecule has 0 spiro atoms. The zero-order chi connectivity index (χ0) is 14.0. The van der Waals surface area contributed by atoms with Crippen molar-refractivity contribution < 1.29 is 9.34 Å². The lowest BCUT2D eigenvalue weighted by atomic mass is 10.4. The van der Waals surface area contributed by atoms with E-state index in [2.05, 4.69) is 25.5 Å². The summed E-state index contributed by atoms with van der Waals surface area (Å²) in [6, 6.07) is 0. The second kappa shape index (κ2) is 5.18. The Hall–Kier alpha value is -2.23. The molecule has 10 heteroatoms. The number of anilines is 1. The van der Waals surface area contributed by atoms with Crippen molar-refractivity contribution in [1.82, 2.24) is 20.2 Å². The maximum atomic E-state index is 11.1. The van der Waals surface area contributed by atoms with Gasteiger partial charge in [-0.25, -0.2) is 4.98 Å². The summed E-state index contributed by atoms with van der Waals surface area (Å²) in [6.45, 7) is 3.18. The maximum absolute atomic E-state index is 11.1. The van der Waals surface area contributed by atoms with Crippen LogP contribution in [0.2, 0.25) is 0 Å². The number of hydrogen-bond donors (Lipinski definition) is 1. The molecule has 19 heavy (non-hydrogen) atoms. The molecule has 0 aliphatic rings. The van der Waals surface area contributed by atoms with Crippen molar-refractivity contribution in [3.05, 3.63) is 21.7 Å². The molecule has 9 nitrogen and oxygen atoms in total. The number of nitro groups is 1. The van der Waals surface area contributed by atoms with E-state index >= 15 is 0 Å². The predicted octanol–water partition coefficient (Wildman–Crippen LogP) is 1.58. The van der Waals surface area contributed by atoms with E-state index in [0.717, 1.165) is 11.8 Å². The van der Waals surface area contributed by atoms with E-state index in [0.29, 0.717) is 11.8 Å². The molecular weight excluding hydrogens is 272 g/mol. The number of rotatable bonds is 4. The van der Waals surface area contributed by atoms with Gasteiger partial charge in [0.1, 0.15) is 5.69 Å². The molecule has 2 aromatic rings. The van der Waals surface area contributed by atoms with E-state index in [-0.39, 0.29) is 21.6 Å². The maximum Gasteiger partial charge on any atom is 0.323 e. The van der Waals surface area contributed by atoms with Gasteiger partial charge < -0.3 is 9.73 Å². The van der Waals surface area contributed by atoms with E-state index < -0.39 is 4.92 Å². The highest BCUT2D eigenvalue weighted by Gasteiger charge is 2.24. The first-order valence-electron chi connectivity index (χ1n) is 5.20. The Morgan fingerprint density at radius 1 is 1.32 bits per heavy atom. The molecule has 0 radical (unpaired) electrons. The van der Waals surface area contributed by atoms with Crippen molar-refractivity contribution in [1.29, 1.82) is 0 Å². The fourth-order valence-corrected chi connectivity index (χ4v) is 2.20. The molecule has 0 amide bonds.